The summed E-state index contributed by atoms with van der Waals surface area (Å²) in [5, 5.41) is 3.61. The molecule has 25 heavy (non-hydrogen) atoms. The number of hydrogen-bond acceptors (Lipinski definition) is 3. The van der Waals surface area contributed by atoms with E-state index in [0.29, 0.717) is 17.1 Å². The number of amides is 1. The quantitative estimate of drug-likeness (QED) is 0.857. The van der Waals surface area contributed by atoms with Gasteiger partial charge in [0, 0.05) is 17.1 Å². The van der Waals surface area contributed by atoms with E-state index in [9.17, 15) is 4.79 Å². The number of piperidine rings is 1. The van der Waals surface area contributed by atoms with Crippen molar-refractivity contribution in [1.82, 2.24) is 10.2 Å². The predicted molar refractivity (Wildman–Crippen MR) is 99.9 cm³/mol. The van der Waals surface area contributed by atoms with Gasteiger partial charge in [-0.05, 0) is 69.1 Å². The van der Waals surface area contributed by atoms with Crippen molar-refractivity contribution in [3.63, 3.8) is 0 Å². The van der Waals surface area contributed by atoms with Gasteiger partial charge in [-0.15, -0.1) is 0 Å². The number of halogens is 1. The van der Waals surface area contributed by atoms with E-state index in [1.165, 1.54) is 12.8 Å². The van der Waals surface area contributed by atoms with Crippen LogP contribution in [-0.2, 0) is 0 Å². The normalized spacial score (nSPS) is 17.4. The summed E-state index contributed by atoms with van der Waals surface area (Å²) in [6.07, 6.45) is 2.36. The number of nitrogens with zero attached hydrogens (tertiary/aromatic N) is 1. The molecular formula is C20H25ClN2O2. The summed E-state index contributed by atoms with van der Waals surface area (Å²) in [4.78, 5) is 14.9. The van der Waals surface area contributed by atoms with Crippen LogP contribution in [0.25, 0.3) is 0 Å². The zero-order chi connectivity index (χ0) is 17.8. The fourth-order valence-electron chi connectivity index (χ4n) is 3.30. The molecule has 0 bridgehead atoms. The molecule has 3 rings (SSSR count). The Kier molecular flexibility index (Phi) is 5.82. The van der Waals surface area contributed by atoms with E-state index in [0.717, 1.165) is 30.5 Å². The van der Waals surface area contributed by atoms with Crippen LogP contribution in [0, 0.1) is 12.8 Å². The van der Waals surface area contributed by atoms with Crippen molar-refractivity contribution in [2.45, 2.75) is 32.7 Å². The lowest BCUT2D eigenvalue weighted by Crippen LogP contribution is -2.41. The molecule has 0 radical (unpaired) electrons. The van der Waals surface area contributed by atoms with Crippen molar-refractivity contribution in [3.05, 3.63) is 58.5 Å². The lowest BCUT2D eigenvalue weighted by atomic mass is 9.97. The number of likely N-dealkylation sites (tertiary alicyclic amines) is 1. The molecule has 1 saturated heterocycles. The highest BCUT2D eigenvalue weighted by Crippen LogP contribution is 2.27. The van der Waals surface area contributed by atoms with E-state index in [2.05, 4.69) is 17.1 Å². The average Bonchev–Trinajstić information content (AvgIpc) is 3.02. The third kappa shape index (κ3) is 4.65. The second-order valence-corrected chi connectivity index (χ2v) is 7.34. The highest BCUT2D eigenvalue weighted by Gasteiger charge is 2.27. The van der Waals surface area contributed by atoms with Gasteiger partial charge in [-0.3, -0.25) is 9.69 Å². The van der Waals surface area contributed by atoms with Gasteiger partial charge >= 0.3 is 0 Å². The van der Waals surface area contributed by atoms with Crippen LogP contribution in [0.4, 0.5) is 0 Å². The first-order chi connectivity index (χ1) is 12.0. The number of hydrogen-bond donors (Lipinski definition) is 1. The number of nitrogens with one attached hydrogen (secondary N) is 1. The smallest absolute Gasteiger partial charge is 0.251 e. The van der Waals surface area contributed by atoms with Crippen LogP contribution in [0.15, 0.2) is 40.8 Å². The molecule has 1 aromatic carbocycles. The Morgan fingerprint density at radius 2 is 2.08 bits per heavy atom. The third-order valence-corrected chi connectivity index (χ3v) is 5.13. The van der Waals surface area contributed by atoms with Gasteiger partial charge in [-0.1, -0.05) is 24.6 Å². The molecule has 0 aliphatic carbocycles. The summed E-state index contributed by atoms with van der Waals surface area (Å²) in [7, 11) is 0. The van der Waals surface area contributed by atoms with Crippen molar-refractivity contribution in [1.29, 1.82) is 0 Å². The molecule has 4 nitrogen and oxygen atoms in total. The van der Waals surface area contributed by atoms with Crippen molar-refractivity contribution in [2.75, 3.05) is 19.6 Å². The molecular weight excluding hydrogens is 336 g/mol. The summed E-state index contributed by atoms with van der Waals surface area (Å²) < 4.78 is 5.87. The second kappa shape index (κ2) is 8.07. The van der Waals surface area contributed by atoms with E-state index < -0.39 is 0 Å². The maximum atomic E-state index is 12.5. The molecule has 2 aromatic rings. The molecule has 1 aromatic heterocycles. The minimum absolute atomic E-state index is 0.0596. The lowest BCUT2D eigenvalue weighted by Gasteiger charge is -2.35. The van der Waals surface area contributed by atoms with Gasteiger partial charge in [-0.25, -0.2) is 0 Å². The monoisotopic (exact) mass is 360 g/mol. The average molecular weight is 361 g/mol. The first-order valence-electron chi connectivity index (χ1n) is 8.87. The van der Waals surface area contributed by atoms with Crippen molar-refractivity contribution in [2.24, 2.45) is 5.92 Å². The van der Waals surface area contributed by atoms with Crippen LogP contribution in [0.5, 0.6) is 0 Å². The van der Waals surface area contributed by atoms with E-state index in [1.54, 1.807) is 24.3 Å². The maximum Gasteiger partial charge on any atom is 0.251 e. The fourth-order valence-corrected chi connectivity index (χ4v) is 3.49. The highest BCUT2D eigenvalue weighted by atomic mass is 35.5. The van der Waals surface area contributed by atoms with Crippen molar-refractivity contribution >= 4 is 17.5 Å². The van der Waals surface area contributed by atoms with Gasteiger partial charge in [0.05, 0.1) is 6.04 Å². The molecule has 1 amide bonds. The molecule has 1 aliphatic rings. The zero-order valence-electron chi connectivity index (χ0n) is 14.8. The molecule has 2 heterocycles. The van der Waals surface area contributed by atoms with Gasteiger partial charge in [-0.2, -0.15) is 0 Å². The third-order valence-electron chi connectivity index (χ3n) is 4.89. The van der Waals surface area contributed by atoms with E-state index in [4.69, 9.17) is 16.0 Å². The van der Waals surface area contributed by atoms with Crippen LogP contribution < -0.4 is 5.32 Å². The predicted octanol–water partition coefficient (Wildman–Crippen LogP) is 4.44. The summed E-state index contributed by atoms with van der Waals surface area (Å²) in [5.74, 6) is 2.46. The Morgan fingerprint density at radius 3 is 2.72 bits per heavy atom. The Balaban J connectivity index is 1.70. The minimum atomic E-state index is -0.110. The summed E-state index contributed by atoms with van der Waals surface area (Å²) in [6.45, 7) is 6.82. The zero-order valence-corrected chi connectivity index (χ0v) is 15.6. The number of furan rings is 1. The Hall–Kier alpha value is -1.78. The standard InChI is InChI=1S/C20H25ClN2O2/c1-14-8-10-23(11-9-14)18(19-7-6-15(2)25-19)13-22-20(24)16-4-3-5-17(21)12-16/h3-7,12,14,18H,8-11,13H2,1-2H3,(H,22,24). The summed E-state index contributed by atoms with van der Waals surface area (Å²) >= 11 is 5.98. The fraction of sp³-hybridized carbons (Fsp3) is 0.450. The maximum absolute atomic E-state index is 12.5. The molecule has 0 saturated carbocycles. The van der Waals surface area contributed by atoms with Crippen LogP contribution in [0.2, 0.25) is 5.02 Å². The van der Waals surface area contributed by atoms with Gasteiger partial charge < -0.3 is 9.73 Å². The number of carbonyl (C=O) groups is 1. The topological polar surface area (TPSA) is 45.5 Å². The van der Waals surface area contributed by atoms with E-state index >= 15 is 0 Å². The van der Waals surface area contributed by atoms with E-state index in [1.807, 2.05) is 19.1 Å². The molecule has 0 spiro atoms. The number of carbonyl (C=O) groups excluding carboxylic acids is 1. The van der Waals surface area contributed by atoms with Gasteiger partial charge in [0.1, 0.15) is 11.5 Å². The minimum Gasteiger partial charge on any atom is -0.465 e. The lowest BCUT2D eigenvalue weighted by molar-refractivity contribution is 0.0895. The van der Waals surface area contributed by atoms with E-state index in [-0.39, 0.29) is 11.9 Å². The largest absolute Gasteiger partial charge is 0.465 e. The molecule has 1 N–H and O–H groups in total. The van der Waals surface area contributed by atoms with Gasteiger partial charge in [0.25, 0.3) is 5.91 Å². The van der Waals surface area contributed by atoms with Gasteiger partial charge in [0.2, 0.25) is 0 Å². The first kappa shape index (κ1) is 18.0. The van der Waals surface area contributed by atoms with Crippen molar-refractivity contribution < 1.29 is 9.21 Å². The Bertz CT molecular complexity index is 720. The highest BCUT2D eigenvalue weighted by molar-refractivity contribution is 6.30. The summed E-state index contributed by atoms with van der Waals surface area (Å²) in [5.41, 5.74) is 0.578. The molecule has 1 aliphatic heterocycles. The van der Waals surface area contributed by atoms with Crippen LogP contribution in [0.3, 0.4) is 0 Å². The Morgan fingerprint density at radius 1 is 1.32 bits per heavy atom. The number of rotatable bonds is 5. The molecule has 1 fully saturated rings. The van der Waals surface area contributed by atoms with Gasteiger partial charge in [0.15, 0.2) is 0 Å². The number of benzene rings is 1. The van der Waals surface area contributed by atoms with Crippen LogP contribution in [0.1, 0.15) is 47.7 Å². The molecule has 134 valence electrons. The Labute approximate surface area is 154 Å². The second-order valence-electron chi connectivity index (χ2n) is 6.90. The molecule has 1 unspecified atom stereocenters. The van der Waals surface area contributed by atoms with Crippen LogP contribution in [-0.4, -0.2) is 30.4 Å². The van der Waals surface area contributed by atoms with Crippen molar-refractivity contribution in [3.8, 4) is 0 Å². The number of aryl methyl sites for hydroxylation is 1. The summed E-state index contributed by atoms with van der Waals surface area (Å²) in [6, 6.07) is 11.1. The molecule has 1 atom stereocenters. The van der Waals surface area contributed by atoms with Crippen LogP contribution >= 0.6 is 11.6 Å². The molecule has 5 heteroatoms. The SMILES string of the molecule is Cc1ccc(C(CNC(=O)c2cccc(Cl)c2)N2CCC(C)CC2)o1. The first-order valence-corrected chi connectivity index (χ1v) is 9.25.